The van der Waals surface area contributed by atoms with Gasteiger partial charge in [-0.25, -0.2) is 13.1 Å². The third-order valence-corrected chi connectivity index (χ3v) is 6.22. The van der Waals surface area contributed by atoms with Gasteiger partial charge in [-0.15, -0.1) is 0 Å². The summed E-state index contributed by atoms with van der Waals surface area (Å²) in [5.74, 6) is 0.454. The Balaban J connectivity index is 1.71. The van der Waals surface area contributed by atoms with Crippen LogP contribution in [0.2, 0.25) is 0 Å². The minimum Gasteiger partial charge on any atom is -0.313 e. The van der Waals surface area contributed by atoms with Crippen molar-refractivity contribution in [2.24, 2.45) is 5.92 Å². The molecule has 0 bridgehead atoms. The quantitative estimate of drug-likeness (QED) is 0.695. The summed E-state index contributed by atoms with van der Waals surface area (Å²) in [6.45, 7) is 9.41. The second-order valence-corrected chi connectivity index (χ2v) is 8.81. The van der Waals surface area contributed by atoms with Gasteiger partial charge in [-0.3, -0.25) is 0 Å². The largest absolute Gasteiger partial charge is 0.313 e. The molecule has 0 aromatic carbocycles. The molecule has 0 aromatic heterocycles. The van der Waals surface area contributed by atoms with Gasteiger partial charge in [0.25, 0.3) is 0 Å². The highest BCUT2D eigenvalue weighted by Crippen LogP contribution is 2.19. The van der Waals surface area contributed by atoms with E-state index in [4.69, 9.17) is 0 Å². The van der Waals surface area contributed by atoms with Crippen LogP contribution in [0.1, 0.15) is 40.0 Å². The van der Waals surface area contributed by atoms with Crippen molar-refractivity contribution >= 4 is 10.0 Å². The molecule has 0 spiro atoms. The molecule has 0 amide bonds. The van der Waals surface area contributed by atoms with Gasteiger partial charge in [0.05, 0.1) is 5.25 Å². The molecule has 1 heterocycles. The molecule has 1 aliphatic carbocycles. The normalized spacial score (nSPS) is 26.3. The summed E-state index contributed by atoms with van der Waals surface area (Å²) in [5.41, 5.74) is 0. The molecule has 20 heavy (non-hydrogen) atoms. The highest BCUT2D eigenvalue weighted by atomic mass is 32.2. The Morgan fingerprint density at radius 3 is 2.45 bits per heavy atom. The van der Waals surface area contributed by atoms with Crippen molar-refractivity contribution in [3.05, 3.63) is 0 Å². The number of hydrogen-bond acceptors (Lipinski definition) is 4. The summed E-state index contributed by atoms with van der Waals surface area (Å²) >= 11 is 0. The number of sulfonamides is 1. The molecule has 5 nitrogen and oxygen atoms in total. The van der Waals surface area contributed by atoms with E-state index in [1.165, 1.54) is 12.8 Å². The van der Waals surface area contributed by atoms with E-state index < -0.39 is 10.0 Å². The van der Waals surface area contributed by atoms with E-state index in [2.05, 4.69) is 28.8 Å². The fourth-order valence-electron chi connectivity index (χ4n) is 2.60. The number of likely N-dealkylation sites (tertiary alicyclic amines) is 1. The fraction of sp³-hybridized carbons (Fsp3) is 1.00. The van der Waals surface area contributed by atoms with Crippen LogP contribution in [0, 0.1) is 5.92 Å². The highest BCUT2D eigenvalue weighted by Gasteiger charge is 2.28. The van der Waals surface area contributed by atoms with E-state index in [1.54, 1.807) is 6.92 Å². The van der Waals surface area contributed by atoms with Crippen LogP contribution in [0.3, 0.4) is 0 Å². The average molecular weight is 303 g/mol. The Morgan fingerprint density at radius 1 is 1.20 bits per heavy atom. The van der Waals surface area contributed by atoms with Crippen molar-refractivity contribution in [1.29, 1.82) is 0 Å². The standard InChI is InChI=1S/C14H29N3O2S/c1-11(2)17-7-6-13(10-17)9-16-20(18,19)12(3)8-15-14-4-5-14/h11-16H,4-10H2,1-3H3. The predicted octanol–water partition coefficient (Wildman–Crippen LogP) is 0.777. The van der Waals surface area contributed by atoms with E-state index in [1.807, 2.05) is 0 Å². The van der Waals surface area contributed by atoms with Crippen LogP contribution in [0.25, 0.3) is 0 Å². The van der Waals surface area contributed by atoms with Gasteiger partial charge in [0.2, 0.25) is 10.0 Å². The third kappa shape index (κ3) is 4.69. The number of nitrogens with one attached hydrogen (secondary N) is 2. The van der Waals surface area contributed by atoms with E-state index in [0.717, 1.165) is 19.5 Å². The molecule has 2 N–H and O–H groups in total. The Morgan fingerprint density at radius 2 is 1.90 bits per heavy atom. The third-order valence-electron chi connectivity index (χ3n) is 4.42. The van der Waals surface area contributed by atoms with Crippen molar-refractivity contribution in [3.63, 3.8) is 0 Å². The van der Waals surface area contributed by atoms with Gasteiger partial charge in [0.15, 0.2) is 0 Å². The van der Waals surface area contributed by atoms with Crippen molar-refractivity contribution in [2.75, 3.05) is 26.2 Å². The van der Waals surface area contributed by atoms with E-state index in [9.17, 15) is 8.42 Å². The molecule has 0 radical (unpaired) electrons. The van der Waals surface area contributed by atoms with Gasteiger partial charge in [-0.05, 0) is 52.5 Å². The molecule has 6 heteroatoms. The summed E-state index contributed by atoms with van der Waals surface area (Å²) < 4.78 is 27.2. The Labute approximate surface area is 123 Å². The lowest BCUT2D eigenvalue weighted by Gasteiger charge is -2.21. The van der Waals surface area contributed by atoms with Crippen LogP contribution in [0.4, 0.5) is 0 Å². The second-order valence-electron chi connectivity index (χ2n) is 6.63. The number of nitrogens with zero attached hydrogens (tertiary/aromatic N) is 1. The van der Waals surface area contributed by atoms with Crippen LogP contribution < -0.4 is 10.0 Å². The lowest BCUT2D eigenvalue weighted by Crippen LogP contribution is -2.41. The van der Waals surface area contributed by atoms with Gasteiger partial charge in [0, 0.05) is 31.7 Å². The van der Waals surface area contributed by atoms with E-state index >= 15 is 0 Å². The molecule has 1 aliphatic heterocycles. The molecule has 1 saturated heterocycles. The lowest BCUT2D eigenvalue weighted by molar-refractivity contribution is 0.265. The Hall–Kier alpha value is -0.170. The van der Waals surface area contributed by atoms with Gasteiger partial charge < -0.3 is 10.2 Å². The summed E-state index contributed by atoms with van der Waals surface area (Å²) in [6, 6.07) is 1.11. The SMILES string of the molecule is CC(C)N1CCC(CNS(=O)(=O)C(C)CNC2CC2)C1. The van der Waals surface area contributed by atoms with Gasteiger partial charge in [0.1, 0.15) is 0 Å². The summed E-state index contributed by atoms with van der Waals surface area (Å²) in [7, 11) is -3.18. The van der Waals surface area contributed by atoms with Crippen LogP contribution in [0.15, 0.2) is 0 Å². The zero-order valence-corrected chi connectivity index (χ0v) is 13.7. The molecule has 2 aliphatic rings. The summed E-state index contributed by atoms with van der Waals surface area (Å²) in [6.07, 6.45) is 3.47. The number of rotatable bonds is 8. The lowest BCUT2D eigenvalue weighted by atomic mass is 10.1. The smallest absolute Gasteiger partial charge is 0.215 e. The zero-order valence-electron chi connectivity index (χ0n) is 12.9. The van der Waals surface area contributed by atoms with Crippen LogP contribution in [-0.4, -0.2) is 56.8 Å². The van der Waals surface area contributed by atoms with Crippen molar-refractivity contribution in [1.82, 2.24) is 14.9 Å². The minimum atomic E-state index is -3.18. The average Bonchev–Trinajstić information content (AvgIpc) is 3.09. The first kappa shape index (κ1) is 16.2. The maximum Gasteiger partial charge on any atom is 0.215 e. The van der Waals surface area contributed by atoms with Gasteiger partial charge in [-0.2, -0.15) is 0 Å². The zero-order chi connectivity index (χ0) is 14.8. The van der Waals surface area contributed by atoms with Crippen molar-refractivity contribution < 1.29 is 8.42 Å². The molecule has 2 fully saturated rings. The van der Waals surface area contributed by atoms with Crippen LogP contribution in [0.5, 0.6) is 0 Å². The van der Waals surface area contributed by atoms with Gasteiger partial charge in [-0.1, -0.05) is 0 Å². The van der Waals surface area contributed by atoms with Crippen LogP contribution >= 0.6 is 0 Å². The molecule has 2 unspecified atom stereocenters. The van der Waals surface area contributed by atoms with Gasteiger partial charge >= 0.3 is 0 Å². The monoisotopic (exact) mass is 303 g/mol. The minimum absolute atomic E-state index is 0.356. The summed E-state index contributed by atoms with van der Waals surface area (Å²) in [5, 5.41) is 2.93. The molecular weight excluding hydrogens is 274 g/mol. The molecule has 2 atom stereocenters. The van der Waals surface area contributed by atoms with Crippen LogP contribution in [-0.2, 0) is 10.0 Å². The molecule has 2 rings (SSSR count). The molecule has 118 valence electrons. The molecule has 1 saturated carbocycles. The van der Waals surface area contributed by atoms with E-state index in [-0.39, 0.29) is 5.25 Å². The Bertz CT molecular complexity index is 407. The van der Waals surface area contributed by atoms with Crippen molar-refractivity contribution in [2.45, 2.75) is 57.4 Å². The number of hydrogen-bond donors (Lipinski definition) is 2. The first-order valence-electron chi connectivity index (χ1n) is 7.84. The first-order valence-corrected chi connectivity index (χ1v) is 9.39. The first-order chi connectivity index (χ1) is 9.38. The second kappa shape index (κ2) is 6.73. The predicted molar refractivity (Wildman–Crippen MR) is 82.2 cm³/mol. The maximum atomic E-state index is 12.2. The molecular formula is C14H29N3O2S. The fourth-order valence-corrected chi connectivity index (χ4v) is 3.67. The maximum absolute atomic E-state index is 12.2. The van der Waals surface area contributed by atoms with E-state index in [0.29, 0.717) is 31.1 Å². The molecule has 0 aromatic rings. The topological polar surface area (TPSA) is 61.4 Å². The Kier molecular flexibility index (Phi) is 5.45. The highest BCUT2D eigenvalue weighted by molar-refractivity contribution is 7.90. The summed E-state index contributed by atoms with van der Waals surface area (Å²) in [4.78, 5) is 2.41. The van der Waals surface area contributed by atoms with Crippen molar-refractivity contribution in [3.8, 4) is 0 Å².